The number of nitrogen functional groups attached to an aromatic ring is 2. The molecule has 5 heterocycles. The molecule has 0 radical (unpaired) electrons. The second kappa shape index (κ2) is 15.3. The molecule has 5 aromatic heterocycles. The van der Waals surface area contributed by atoms with Crippen molar-refractivity contribution < 1.29 is 19.1 Å². The van der Waals surface area contributed by atoms with Gasteiger partial charge in [0.25, 0.3) is 0 Å². The third-order valence-electron chi connectivity index (χ3n) is 7.64. The largest absolute Gasteiger partial charge is 0.465 e. The van der Waals surface area contributed by atoms with E-state index in [1.54, 1.807) is 14.1 Å². The maximum Gasteiger partial charge on any atom is 0.343 e. The molecule has 0 saturated carbocycles. The number of rotatable bonds is 14. The molecule has 262 valence electrons. The van der Waals surface area contributed by atoms with Crippen LogP contribution in [0.5, 0.6) is 0 Å². The van der Waals surface area contributed by atoms with E-state index in [4.69, 9.17) is 20.9 Å². The van der Waals surface area contributed by atoms with E-state index in [2.05, 4.69) is 64.7 Å². The average Bonchev–Trinajstić information content (AvgIpc) is 3.86. The third kappa shape index (κ3) is 6.93. The highest BCUT2D eigenvalue weighted by atomic mass is 16.5. The number of unbranched alkanes of at least 4 members (excludes halogenated alkanes) is 2. The van der Waals surface area contributed by atoms with Crippen LogP contribution in [0, 0.1) is 0 Å². The molecular weight excluding hydrogens is 648 g/mol. The Morgan fingerprint density at radius 2 is 1.08 bits per heavy atom. The maximum atomic E-state index is 12.2. The number of hydrogen-bond acceptors (Lipinski definition) is 16. The summed E-state index contributed by atoms with van der Waals surface area (Å²) < 4.78 is 15.3. The number of ether oxygens (including phenoxy) is 2. The molecule has 20 nitrogen and oxygen atoms in total. The molecule has 5 rings (SSSR count). The first kappa shape index (κ1) is 35.0. The number of carbonyl (C=O) groups excluding carboxylic acids is 2. The summed E-state index contributed by atoms with van der Waals surface area (Å²) in [5, 5.41) is 34.8. The number of nitrogens with two attached hydrogens (primary N) is 2. The Morgan fingerprint density at radius 3 is 1.42 bits per heavy atom. The van der Waals surface area contributed by atoms with Crippen LogP contribution in [0.25, 0.3) is 11.6 Å². The molecule has 0 saturated heterocycles. The van der Waals surface area contributed by atoms with E-state index in [0.29, 0.717) is 47.2 Å². The number of azo groups is 2. The van der Waals surface area contributed by atoms with Gasteiger partial charge in [-0.15, -0.1) is 20.5 Å². The molecule has 0 fully saturated rings. The predicted molar refractivity (Wildman–Crippen MR) is 180 cm³/mol. The van der Waals surface area contributed by atoms with E-state index < -0.39 is 11.9 Å². The molecule has 4 N–H and O–H groups in total. The van der Waals surface area contributed by atoms with E-state index in [9.17, 15) is 9.59 Å². The molecule has 50 heavy (non-hydrogen) atoms. The standard InChI is InChI=1S/C30H38N16O4/c1-7-9-11-19-23(37-39-27-17(29(47)49-5)13-35-43(27)3)25(31)45(41-19)21-15-34-22(16-33-21)46-26(32)24(20(42-46)12-10-8-2)38-40-28-18(30(48)50-6)14-36-44(28)4/h13-16H,7-12,31-32H2,1-6H3/b39-37+,40-38+. The minimum atomic E-state index is -0.594. The summed E-state index contributed by atoms with van der Waals surface area (Å²) in [6.45, 7) is 4.12. The molecule has 0 bridgehead atoms. The van der Waals surface area contributed by atoms with Crippen LogP contribution in [0.2, 0.25) is 0 Å². The Morgan fingerprint density at radius 1 is 0.680 bits per heavy atom. The van der Waals surface area contributed by atoms with E-state index in [1.807, 2.05) is 0 Å². The summed E-state index contributed by atoms with van der Waals surface area (Å²) in [7, 11) is 5.82. The summed E-state index contributed by atoms with van der Waals surface area (Å²) in [5.74, 6) is 0.185. The maximum absolute atomic E-state index is 12.2. The van der Waals surface area contributed by atoms with Gasteiger partial charge in [-0.2, -0.15) is 29.8 Å². The van der Waals surface area contributed by atoms with Crippen molar-refractivity contribution in [3.8, 4) is 11.6 Å². The van der Waals surface area contributed by atoms with Gasteiger partial charge in [-0.1, -0.05) is 26.7 Å². The van der Waals surface area contributed by atoms with Gasteiger partial charge in [-0.25, -0.2) is 28.9 Å². The fraction of sp³-hybridized carbons (Fsp3) is 0.400. The molecule has 0 aliphatic rings. The van der Waals surface area contributed by atoms with Gasteiger partial charge in [0.1, 0.15) is 11.1 Å². The highest BCUT2D eigenvalue weighted by Crippen LogP contribution is 2.34. The summed E-state index contributed by atoms with van der Waals surface area (Å²) in [5.41, 5.74) is 15.3. The smallest absolute Gasteiger partial charge is 0.343 e. The highest BCUT2D eigenvalue weighted by molar-refractivity contribution is 5.94. The van der Waals surface area contributed by atoms with Crippen LogP contribution < -0.4 is 11.5 Å². The quantitative estimate of drug-likeness (QED) is 0.120. The monoisotopic (exact) mass is 686 g/mol. The van der Waals surface area contributed by atoms with Crippen LogP contribution in [0.3, 0.4) is 0 Å². The van der Waals surface area contributed by atoms with Crippen molar-refractivity contribution in [2.75, 3.05) is 25.7 Å². The number of aryl methyl sites for hydroxylation is 4. The van der Waals surface area contributed by atoms with Gasteiger partial charge < -0.3 is 20.9 Å². The molecule has 0 aromatic carbocycles. The summed E-state index contributed by atoms with van der Waals surface area (Å²) >= 11 is 0. The fourth-order valence-corrected chi connectivity index (χ4v) is 4.87. The fourth-order valence-electron chi connectivity index (χ4n) is 4.87. The second-order valence-electron chi connectivity index (χ2n) is 11.0. The molecule has 0 spiro atoms. The zero-order valence-corrected chi connectivity index (χ0v) is 28.6. The van der Waals surface area contributed by atoms with Crippen molar-refractivity contribution in [2.45, 2.75) is 52.4 Å². The van der Waals surface area contributed by atoms with E-state index in [-0.39, 0.29) is 34.4 Å². The van der Waals surface area contributed by atoms with Crippen molar-refractivity contribution in [1.82, 2.24) is 49.1 Å². The number of methoxy groups -OCH3 is 2. The predicted octanol–water partition coefficient (Wildman–Crippen LogP) is 4.57. The topological polar surface area (TPSA) is 251 Å². The molecule has 0 amide bonds. The van der Waals surface area contributed by atoms with Gasteiger partial charge in [-0.05, 0) is 25.7 Å². The van der Waals surface area contributed by atoms with Crippen LogP contribution >= 0.6 is 0 Å². The Bertz CT molecular complexity index is 1910. The first-order chi connectivity index (χ1) is 24.1. The van der Waals surface area contributed by atoms with Gasteiger partial charge in [0.05, 0.1) is 50.4 Å². The molecule has 0 atom stereocenters. The van der Waals surface area contributed by atoms with Crippen LogP contribution in [0.15, 0.2) is 45.2 Å². The Labute approximate surface area is 286 Å². The molecular formula is C30H38N16O4. The van der Waals surface area contributed by atoms with Crippen molar-refractivity contribution in [3.05, 3.63) is 47.3 Å². The molecule has 5 aromatic rings. The van der Waals surface area contributed by atoms with Gasteiger partial charge in [-0.3, -0.25) is 0 Å². The first-order valence-electron chi connectivity index (χ1n) is 15.7. The zero-order chi connectivity index (χ0) is 35.9. The first-order valence-corrected chi connectivity index (χ1v) is 15.7. The lowest BCUT2D eigenvalue weighted by molar-refractivity contribution is 0.0592. The SMILES string of the molecule is CCCCc1nn(-c2cnc(-n3nc(CCCC)c(/N=N/c4c(C(=O)OC)cnn4C)c3N)cn2)c(N)c1/N=N/c1c(C(=O)OC)cnn1C. The minimum absolute atomic E-state index is 0.157. The van der Waals surface area contributed by atoms with E-state index in [1.165, 1.54) is 57.7 Å². The van der Waals surface area contributed by atoms with Gasteiger partial charge in [0.2, 0.25) is 0 Å². The molecule has 0 aliphatic heterocycles. The highest BCUT2D eigenvalue weighted by Gasteiger charge is 2.23. The van der Waals surface area contributed by atoms with Crippen molar-refractivity contribution in [1.29, 1.82) is 0 Å². The number of aromatic nitrogens is 10. The summed E-state index contributed by atoms with van der Waals surface area (Å²) in [6.07, 6.45) is 10.3. The van der Waals surface area contributed by atoms with E-state index in [0.717, 1.165) is 25.7 Å². The number of carbonyl (C=O) groups is 2. The Balaban J connectivity index is 1.49. The van der Waals surface area contributed by atoms with Crippen LogP contribution in [0.4, 0.5) is 34.6 Å². The number of esters is 2. The summed E-state index contributed by atoms with van der Waals surface area (Å²) in [4.78, 5) is 33.5. The summed E-state index contributed by atoms with van der Waals surface area (Å²) in [6, 6.07) is 0. The van der Waals surface area contributed by atoms with Gasteiger partial charge in [0.15, 0.2) is 46.3 Å². The second-order valence-corrected chi connectivity index (χ2v) is 11.0. The van der Waals surface area contributed by atoms with Crippen LogP contribution in [0.1, 0.15) is 71.6 Å². The minimum Gasteiger partial charge on any atom is -0.465 e. The van der Waals surface area contributed by atoms with Crippen LogP contribution in [-0.2, 0) is 36.4 Å². The van der Waals surface area contributed by atoms with Crippen LogP contribution in [-0.4, -0.2) is 75.2 Å². The van der Waals surface area contributed by atoms with Crippen molar-refractivity contribution in [2.24, 2.45) is 34.6 Å². The van der Waals surface area contributed by atoms with Crippen molar-refractivity contribution >= 4 is 46.6 Å². The zero-order valence-electron chi connectivity index (χ0n) is 28.6. The number of anilines is 2. The van der Waals surface area contributed by atoms with Gasteiger partial charge >= 0.3 is 11.9 Å². The lowest BCUT2D eigenvalue weighted by atomic mass is 10.2. The number of nitrogens with zero attached hydrogens (tertiary/aromatic N) is 14. The lowest BCUT2D eigenvalue weighted by Crippen LogP contribution is -2.09. The Kier molecular flexibility index (Phi) is 10.7. The molecule has 0 aliphatic carbocycles. The number of hydrogen-bond donors (Lipinski definition) is 2. The average molecular weight is 687 g/mol. The lowest BCUT2D eigenvalue weighted by Gasteiger charge is -2.05. The normalized spacial score (nSPS) is 11.6. The van der Waals surface area contributed by atoms with E-state index >= 15 is 0 Å². The van der Waals surface area contributed by atoms with Gasteiger partial charge in [0, 0.05) is 14.1 Å². The van der Waals surface area contributed by atoms with Crippen molar-refractivity contribution in [3.63, 3.8) is 0 Å². The third-order valence-corrected chi connectivity index (χ3v) is 7.64. The Hall–Kier alpha value is -6.34. The molecule has 0 unspecified atom stereocenters. The molecule has 20 heteroatoms.